The highest BCUT2D eigenvalue weighted by Gasteiger charge is 2.26. The minimum Gasteiger partial charge on any atom is -0.497 e. The lowest BCUT2D eigenvalue weighted by atomic mass is 10.1. The Balaban J connectivity index is 1.31. The number of fused-ring (bicyclic) bond motifs is 2. The molecule has 8 nitrogen and oxygen atoms in total. The van der Waals surface area contributed by atoms with Gasteiger partial charge in [0.15, 0.2) is 5.82 Å². The fourth-order valence-electron chi connectivity index (χ4n) is 4.57. The second kappa shape index (κ2) is 11.2. The average Bonchev–Trinajstić information content (AvgIpc) is 3.42. The van der Waals surface area contributed by atoms with E-state index in [1.54, 1.807) is 18.9 Å². The van der Waals surface area contributed by atoms with Crippen LogP contribution in [0.4, 0.5) is 17.1 Å². The number of rotatable bonds is 10. The van der Waals surface area contributed by atoms with Crippen LogP contribution in [-0.4, -0.2) is 58.2 Å². The minimum absolute atomic E-state index is 0.485. The van der Waals surface area contributed by atoms with Gasteiger partial charge in [0.2, 0.25) is 0 Å². The number of para-hydroxylation sites is 1. The van der Waals surface area contributed by atoms with E-state index in [9.17, 15) is 5.11 Å². The summed E-state index contributed by atoms with van der Waals surface area (Å²) >= 11 is 1.78. The summed E-state index contributed by atoms with van der Waals surface area (Å²) in [6.45, 7) is 6.73. The Morgan fingerprint density at radius 2 is 1.73 bits per heavy atom. The molecule has 5 rings (SSSR count). The molecule has 9 heteroatoms. The number of aliphatic hydroxyl groups excluding tert-OH is 1. The molecule has 4 aromatic rings. The number of β-amino-alcohol motifs (C(OH)–C–C–N with tert-alkyl or cyclic N) is 1. The van der Waals surface area contributed by atoms with E-state index in [0.29, 0.717) is 25.2 Å². The smallest absolute Gasteiger partial charge is 0.175 e. The summed E-state index contributed by atoms with van der Waals surface area (Å²) in [7, 11) is 1.63. The number of tetrazole rings is 1. The molecule has 0 aliphatic carbocycles. The van der Waals surface area contributed by atoms with Crippen molar-refractivity contribution in [3.63, 3.8) is 0 Å². The molecule has 3 aromatic carbocycles. The molecule has 1 aromatic heterocycles. The molecule has 0 saturated carbocycles. The van der Waals surface area contributed by atoms with Crippen LogP contribution in [-0.2, 0) is 6.42 Å². The molecule has 0 amide bonds. The van der Waals surface area contributed by atoms with Gasteiger partial charge in [-0.2, -0.15) is 0 Å². The van der Waals surface area contributed by atoms with E-state index >= 15 is 0 Å². The highest BCUT2D eigenvalue weighted by Crippen LogP contribution is 2.49. The normalized spacial score (nSPS) is 13.1. The van der Waals surface area contributed by atoms with Gasteiger partial charge >= 0.3 is 0 Å². The van der Waals surface area contributed by atoms with Crippen LogP contribution in [0.25, 0.3) is 5.69 Å². The van der Waals surface area contributed by atoms with Crippen molar-refractivity contribution in [2.75, 3.05) is 36.5 Å². The Morgan fingerprint density at radius 3 is 2.49 bits per heavy atom. The Hall–Kier alpha value is -3.56. The van der Waals surface area contributed by atoms with Gasteiger partial charge in [0, 0.05) is 41.5 Å². The van der Waals surface area contributed by atoms with E-state index in [0.717, 1.165) is 35.9 Å². The van der Waals surface area contributed by atoms with Crippen LogP contribution in [0.1, 0.15) is 26.1 Å². The largest absolute Gasteiger partial charge is 0.497 e. The number of anilines is 3. The lowest BCUT2D eigenvalue weighted by Crippen LogP contribution is -2.31. The number of methoxy groups -OCH3 is 1. The van der Waals surface area contributed by atoms with E-state index in [1.807, 2.05) is 24.3 Å². The van der Waals surface area contributed by atoms with Gasteiger partial charge in [-0.1, -0.05) is 23.9 Å². The maximum atomic E-state index is 11.1. The molecule has 0 fully saturated rings. The van der Waals surface area contributed by atoms with Crippen molar-refractivity contribution in [2.45, 2.75) is 42.6 Å². The van der Waals surface area contributed by atoms with Gasteiger partial charge < -0.3 is 19.6 Å². The average molecular weight is 517 g/mol. The zero-order valence-corrected chi connectivity index (χ0v) is 22.2. The van der Waals surface area contributed by atoms with Crippen molar-refractivity contribution in [2.24, 2.45) is 0 Å². The maximum absolute atomic E-state index is 11.1. The number of hydrogen-bond donors (Lipinski definition) is 1. The molecular weight excluding hydrogens is 484 g/mol. The van der Waals surface area contributed by atoms with Crippen LogP contribution in [0.3, 0.4) is 0 Å². The Bertz CT molecular complexity index is 1340. The second-order valence-corrected chi connectivity index (χ2v) is 9.97. The summed E-state index contributed by atoms with van der Waals surface area (Å²) in [6.07, 6.45) is 0.507. The standard InChI is InChI=1S/C28H32N6O2S/c1-4-32(5-2)21-12-16-27-25(18-21)33(24-8-6-7-9-26(24)37-27)19-22(35)13-17-28-29-31-34(30-28)20-10-14-23(36-3)15-11-20/h6-12,14-16,18,22,35H,4-5,13,17,19H2,1-3H3. The Labute approximate surface area is 221 Å². The number of aromatic nitrogens is 4. The predicted molar refractivity (Wildman–Crippen MR) is 148 cm³/mol. The van der Waals surface area contributed by atoms with E-state index in [-0.39, 0.29) is 0 Å². The maximum Gasteiger partial charge on any atom is 0.175 e. The zero-order valence-electron chi connectivity index (χ0n) is 21.4. The highest BCUT2D eigenvalue weighted by molar-refractivity contribution is 7.99. The number of aryl methyl sites for hydroxylation is 1. The molecule has 1 unspecified atom stereocenters. The summed E-state index contributed by atoms with van der Waals surface area (Å²) in [5.41, 5.74) is 4.26. The topological polar surface area (TPSA) is 79.5 Å². The number of hydrogen-bond acceptors (Lipinski definition) is 8. The first-order valence-corrected chi connectivity index (χ1v) is 13.5. The molecule has 0 radical (unpaired) electrons. The van der Waals surface area contributed by atoms with Crippen LogP contribution < -0.4 is 14.5 Å². The van der Waals surface area contributed by atoms with Crippen LogP contribution in [0.5, 0.6) is 5.75 Å². The molecular formula is C28H32N6O2S. The molecule has 1 atom stereocenters. The van der Waals surface area contributed by atoms with Gasteiger partial charge in [0.05, 0.1) is 30.3 Å². The number of aliphatic hydroxyl groups is 1. The van der Waals surface area contributed by atoms with Crippen LogP contribution in [0.15, 0.2) is 76.5 Å². The van der Waals surface area contributed by atoms with Crippen molar-refractivity contribution >= 4 is 28.8 Å². The third kappa shape index (κ3) is 5.42. The molecule has 0 saturated heterocycles. The van der Waals surface area contributed by atoms with Crippen molar-refractivity contribution in [1.29, 1.82) is 0 Å². The van der Waals surface area contributed by atoms with Crippen LogP contribution in [0.2, 0.25) is 0 Å². The number of benzene rings is 3. The first-order chi connectivity index (χ1) is 18.1. The van der Waals surface area contributed by atoms with Crippen molar-refractivity contribution in [3.05, 3.63) is 72.6 Å². The van der Waals surface area contributed by atoms with Crippen LogP contribution >= 0.6 is 11.8 Å². The quantitative estimate of drug-likeness (QED) is 0.311. The lowest BCUT2D eigenvalue weighted by Gasteiger charge is -2.35. The van der Waals surface area contributed by atoms with E-state index in [4.69, 9.17) is 4.74 Å². The van der Waals surface area contributed by atoms with Gasteiger partial charge in [0.1, 0.15) is 5.75 Å². The summed E-state index contributed by atoms with van der Waals surface area (Å²) in [4.78, 5) is 8.50. The molecule has 37 heavy (non-hydrogen) atoms. The van der Waals surface area contributed by atoms with Crippen LogP contribution in [0, 0.1) is 0 Å². The second-order valence-electron chi connectivity index (χ2n) is 8.89. The first kappa shape index (κ1) is 25.1. The molecule has 2 heterocycles. The Morgan fingerprint density at radius 1 is 0.973 bits per heavy atom. The van der Waals surface area contributed by atoms with E-state index in [1.165, 1.54) is 20.3 Å². The summed E-state index contributed by atoms with van der Waals surface area (Å²) in [5.74, 6) is 1.38. The molecule has 1 aliphatic heterocycles. The number of nitrogens with zero attached hydrogens (tertiary/aromatic N) is 6. The third-order valence-corrected chi connectivity index (χ3v) is 7.72. The minimum atomic E-state index is -0.561. The van der Waals surface area contributed by atoms with Gasteiger partial charge in [-0.3, -0.25) is 0 Å². The third-order valence-electron chi connectivity index (χ3n) is 6.59. The summed E-state index contributed by atoms with van der Waals surface area (Å²) in [6, 6.07) is 22.5. The van der Waals surface area contributed by atoms with E-state index < -0.39 is 6.10 Å². The molecule has 0 spiro atoms. The SMILES string of the molecule is CCN(CC)c1ccc2c(c1)N(CC(O)CCc1nnn(-c3ccc(OC)cc3)n1)c1ccccc1S2. The van der Waals surface area contributed by atoms with Crippen molar-refractivity contribution < 1.29 is 9.84 Å². The molecule has 192 valence electrons. The summed E-state index contributed by atoms with van der Waals surface area (Å²) in [5, 5.41) is 24.0. The molecule has 0 bridgehead atoms. The highest BCUT2D eigenvalue weighted by atomic mass is 32.2. The summed E-state index contributed by atoms with van der Waals surface area (Å²) < 4.78 is 5.21. The molecule has 1 aliphatic rings. The van der Waals surface area contributed by atoms with E-state index in [2.05, 4.69) is 81.5 Å². The Kier molecular flexibility index (Phi) is 7.62. The monoisotopic (exact) mass is 516 g/mol. The van der Waals surface area contributed by atoms with Crippen molar-refractivity contribution in [1.82, 2.24) is 20.2 Å². The van der Waals surface area contributed by atoms with Gasteiger partial charge in [-0.25, -0.2) is 0 Å². The lowest BCUT2D eigenvalue weighted by molar-refractivity contribution is 0.172. The van der Waals surface area contributed by atoms with Gasteiger partial charge in [-0.05, 0) is 80.1 Å². The van der Waals surface area contributed by atoms with Crippen molar-refractivity contribution in [3.8, 4) is 11.4 Å². The number of ether oxygens (including phenoxy) is 1. The first-order valence-electron chi connectivity index (χ1n) is 12.6. The fraction of sp³-hybridized carbons (Fsp3) is 0.321. The molecule has 1 N–H and O–H groups in total. The van der Waals surface area contributed by atoms with Gasteiger partial charge in [-0.15, -0.1) is 15.0 Å². The van der Waals surface area contributed by atoms with Gasteiger partial charge in [0.25, 0.3) is 0 Å². The fourth-order valence-corrected chi connectivity index (χ4v) is 5.64. The zero-order chi connectivity index (χ0) is 25.8. The predicted octanol–water partition coefficient (Wildman–Crippen LogP) is 5.11.